The molecule has 0 bridgehead atoms. The van der Waals surface area contributed by atoms with Gasteiger partial charge in [0.2, 0.25) is 0 Å². The summed E-state index contributed by atoms with van der Waals surface area (Å²) in [5, 5.41) is 6.35. The largest absolute Gasteiger partial charge is 0.355 e. The van der Waals surface area contributed by atoms with E-state index in [1.165, 1.54) is 6.26 Å². The van der Waals surface area contributed by atoms with Crippen LogP contribution in [-0.2, 0) is 16.4 Å². The fraction of sp³-hybridized carbons (Fsp3) is 0.667. The molecule has 0 saturated carbocycles. The minimum atomic E-state index is -2.92. The summed E-state index contributed by atoms with van der Waals surface area (Å²) in [5.74, 6) is 0.846. The highest BCUT2D eigenvalue weighted by Crippen LogP contribution is 1.95. The van der Waals surface area contributed by atoms with Gasteiger partial charge >= 0.3 is 0 Å². The number of sulfone groups is 1. The lowest BCUT2D eigenvalue weighted by Gasteiger charge is -2.17. The molecular weight excluding hydrogens is 278 g/mol. The predicted octanol–water partition coefficient (Wildman–Crippen LogP) is -0.129. The first-order valence-corrected chi connectivity index (χ1v) is 8.57. The molecule has 0 aromatic carbocycles. The first-order valence-electron chi connectivity index (χ1n) is 6.51. The van der Waals surface area contributed by atoms with E-state index in [4.69, 9.17) is 0 Å². The van der Waals surface area contributed by atoms with Crippen LogP contribution in [-0.4, -0.2) is 55.6 Å². The van der Waals surface area contributed by atoms with Crippen molar-refractivity contribution < 1.29 is 8.42 Å². The number of hydrogen-bond donors (Lipinski definition) is 2. The highest BCUT2D eigenvalue weighted by atomic mass is 32.2. The van der Waals surface area contributed by atoms with E-state index >= 15 is 0 Å². The van der Waals surface area contributed by atoms with Crippen molar-refractivity contribution in [3.63, 3.8) is 0 Å². The summed E-state index contributed by atoms with van der Waals surface area (Å²) in [5.41, 5.74) is 0. The van der Waals surface area contributed by atoms with Gasteiger partial charge in [0.05, 0.1) is 12.1 Å². The summed E-state index contributed by atoms with van der Waals surface area (Å²) in [6.07, 6.45) is 7.19. The van der Waals surface area contributed by atoms with Gasteiger partial charge in [-0.15, -0.1) is 0 Å². The van der Waals surface area contributed by atoms with Crippen LogP contribution >= 0.6 is 0 Å². The summed E-state index contributed by atoms with van der Waals surface area (Å²) < 4.78 is 24.2. The number of guanidine groups is 1. The van der Waals surface area contributed by atoms with Gasteiger partial charge in [0.25, 0.3) is 0 Å². The molecule has 0 aliphatic carbocycles. The Kier molecular flexibility index (Phi) is 6.50. The molecule has 0 amide bonds. The van der Waals surface area contributed by atoms with Crippen molar-refractivity contribution in [3.05, 3.63) is 18.7 Å². The fourth-order valence-corrected chi connectivity index (χ4v) is 2.40. The molecule has 2 N–H and O–H groups in total. The summed E-state index contributed by atoms with van der Waals surface area (Å²) in [6, 6.07) is 0.0455. The van der Waals surface area contributed by atoms with Crippen molar-refractivity contribution in [3.8, 4) is 0 Å². The minimum Gasteiger partial charge on any atom is -0.355 e. The predicted molar refractivity (Wildman–Crippen MR) is 80.5 cm³/mol. The molecule has 0 aliphatic rings. The Hall–Kier alpha value is -1.57. The van der Waals surface area contributed by atoms with Crippen molar-refractivity contribution >= 4 is 15.8 Å². The third-order valence-corrected chi connectivity index (χ3v) is 3.73. The number of rotatable bonds is 7. The zero-order chi connectivity index (χ0) is 15.0. The Morgan fingerprint density at radius 3 is 2.80 bits per heavy atom. The summed E-state index contributed by atoms with van der Waals surface area (Å²) in [6.45, 7) is 3.45. The first-order chi connectivity index (χ1) is 9.40. The van der Waals surface area contributed by atoms with E-state index < -0.39 is 9.84 Å². The van der Waals surface area contributed by atoms with E-state index in [1.54, 1.807) is 19.6 Å². The average Bonchev–Trinajstić information content (AvgIpc) is 2.87. The minimum absolute atomic E-state index is 0.0455. The topological polar surface area (TPSA) is 88.4 Å². The van der Waals surface area contributed by atoms with E-state index in [9.17, 15) is 8.42 Å². The second-order valence-electron chi connectivity index (χ2n) is 4.76. The molecule has 1 aromatic heterocycles. The van der Waals surface area contributed by atoms with E-state index in [0.717, 1.165) is 13.1 Å². The molecule has 0 fully saturated rings. The Morgan fingerprint density at radius 1 is 1.50 bits per heavy atom. The Balaban J connectivity index is 2.28. The van der Waals surface area contributed by atoms with Gasteiger partial charge in [-0.3, -0.25) is 4.99 Å². The third kappa shape index (κ3) is 7.13. The zero-order valence-corrected chi connectivity index (χ0v) is 13.0. The van der Waals surface area contributed by atoms with Crippen LogP contribution < -0.4 is 10.6 Å². The highest BCUT2D eigenvalue weighted by Gasteiger charge is 2.09. The fourth-order valence-electron chi connectivity index (χ4n) is 1.61. The quantitative estimate of drug-likeness (QED) is 0.541. The number of aromatic nitrogens is 2. The van der Waals surface area contributed by atoms with Crippen LogP contribution in [0.2, 0.25) is 0 Å². The van der Waals surface area contributed by atoms with Crippen LogP contribution in [0, 0.1) is 0 Å². The zero-order valence-electron chi connectivity index (χ0n) is 12.2. The van der Waals surface area contributed by atoms with Gasteiger partial charge in [-0.25, -0.2) is 13.4 Å². The standard InChI is InChI=1S/C12H23N5O2S/c1-11(4-9-20(3,18)19)16-12(13-2)15-6-8-17-7-5-14-10-17/h5,7,10-11H,4,6,8-9H2,1-3H3,(H2,13,15,16). The van der Waals surface area contributed by atoms with Gasteiger partial charge in [-0.2, -0.15) is 0 Å². The maximum atomic E-state index is 11.1. The second kappa shape index (κ2) is 7.88. The van der Waals surface area contributed by atoms with Crippen molar-refractivity contribution in [2.45, 2.75) is 25.9 Å². The third-order valence-electron chi connectivity index (χ3n) is 2.75. The Bertz CT molecular complexity index is 510. The van der Waals surface area contributed by atoms with Crippen LogP contribution in [0.25, 0.3) is 0 Å². The lowest BCUT2D eigenvalue weighted by Crippen LogP contribution is -2.43. The van der Waals surface area contributed by atoms with E-state index in [2.05, 4.69) is 20.6 Å². The van der Waals surface area contributed by atoms with Crippen molar-refractivity contribution in [1.82, 2.24) is 20.2 Å². The lowest BCUT2D eigenvalue weighted by molar-refractivity contribution is 0.579. The number of imidazole rings is 1. The molecule has 114 valence electrons. The molecule has 1 aromatic rings. The first kappa shape index (κ1) is 16.5. The Labute approximate surface area is 120 Å². The number of aliphatic imine (C=N–C) groups is 1. The van der Waals surface area contributed by atoms with Gasteiger partial charge in [-0.05, 0) is 13.3 Å². The summed E-state index contributed by atoms with van der Waals surface area (Å²) >= 11 is 0. The SMILES string of the molecule is CN=C(NCCn1ccnc1)NC(C)CCS(C)(=O)=O. The van der Waals surface area contributed by atoms with Gasteiger partial charge in [0, 0.05) is 44.8 Å². The van der Waals surface area contributed by atoms with Gasteiger partial charge in [0.1, 0.15) is 9.84 Å². The summed E-state index contributed by atoms with van der Waals surface area (Å²) in [4.78, 5) is 8.08. The molecule has 0 spiro atoms. The number of hydrogen-bond acceptors (Lipinski definition) is 4. The van der Waals surface area contributed by atoms with Crippen LogP contribution in [0.15, 0.2) is 23.7 Å². The van der Waals surface area contributed by atoms with Crippen LogP contribution in [0.1, 0.15) is 13.3 Å². The van der Waals surface area contributed by atoms with Crippen molar-refractivity contribution in [2.75, 3.05) is 25.6 Å². The second-order valence-corrected chi connectivity index (χ2v) is 7.02. The smallest absolute Gasteiger partial charge is 0.191 e. The van der Waals surface area contributed by atoms with Gasteiger partial charge in [-0.1, -0.05) is 0 Å². The van der Waals surface area contributed by atoms with E-state index in [-0.39, 0.29) is 11.8 Å². The molecule has 1 heterocycles. The average molecular weight is 301 g/mol. The molecule has 1 unspecified atom stereocenters. The number of nitrogens with zero attached hydrogens (tertiary/aromatic N) is 3. The molecule has 1 atom stereocenters. The van der Waals surface area contributed by atoms with Crippen LogP contribution in [0.3, 0.4) is 0 Å². The van der Waals surface area contributed by atoms with Crippen molar-refractivity contribution in [2.24, 2.45) is 4.99 Å². The monoisotopic (exact) mass is 301 g/mol. The Morgan fingerprint density at radius 2 is 2.25 bits per heavy atom. The molecule has 8 heteroatoms. The van der Waals surface area contributed by atoms with Crippen LogP contribution in [0.5, 0.6) is 0 Å². The normalized spacial score (nSPS) is 14.1. The molecule has 20 heavy (non-hydrogen) atoms. The molecule has 1 rings (SSSR count). The van der Waals surface area contributed by atoms with E-state index in [1.807, 2.05) is 17.7 Å². The molecule has 0 saturated heterocycles. The molecule has 0 radical (unpaired) electrons. The highest BCUT2D eigenvalue weighted by molar-refractivity contribution is 7.90. The lowest BCUT2D eigenvalue weighted by atomic mass is 10.3. The van der Waals surface area contributed by atoms with Gasteiger partial charge < -0.3 is 15.2 Å². The summed E-state index contributed by atoms with van der Waals surface area (Å²) in [7, 11) is -1.23. The van der Waals surface area contributed by atoms with Crippen LogP contribution in [0.4, 0.5) is 0 Å². The maximum Gasteiger partial charge on any atom is 0.191 e. The molecule has 7 nitrogen and oxygen atoms in total. The van der Waals surface area contributed by atoms with E-state index in [0.29, 0.717) is 12.4 Å². The maximum absolute atomic E-state index is 11.1. The molecule has 0 aliphatic heterocycles. The molecular formula is C12H23N5O2S. The van der Waals surface area contributed by atoms with Gasteiger partial charge in [0.15, 0.2) is 5.96 Å². The number of nitrogens with one attached hydrogen (secondary N) is 2. The van der Waals surface area contributed by atoms with Crippen molar-refractivity contribution in [1.29, 1.82) is 0 Å².